The van der Waals surface area contributed by atoms with Gasteiger partial charge in [-0.3, -0.25) is 0 Å². The molecule has 1 amide bonds. The Hall–Kier alpha value is -0.250. The average Bonchev–Trinajstić information content (AvgIpc) is 2.43. The summed E-state index contributed by atoms with van der Waals surface area (Å²) in [6, 6.07) is 0. The normalized spacial score (nSPS) is 26.9. The zero-order valence-corrected chi connectivity index (χ0v) is 11.5. The van der Waals surface area contributed by atoms with Crippen molar-refractivity contribution in [1.82, 2.24) is 4.90 Å². The molecule has 2 unspecified atom stereocenters. The van der Waals surface area contributed by atoms with Crippen LogP contribution in [-0.2, 0) is 4.74 Å². The Bertz CT molecular complexity index is 237. The fourth-order valence-electron chi connectivity index (χ4n) is 1.71. The summed E-state index contributed by atoms with van der Waals surface area (Å²) in [5, 5.41) is 0.952. The first-order valence-corrected chi connectivity index (χ1v) is 6.49. The predicted octanol–water partition coefficient (Wildman–Crippen LogP) is 2.88. The van der Waals surface area contributed by atoms with Crippen molar-refractivity contribution >= 4 is 22.0 Å². The first kappa shape index (κ1) is 12.8. The smallest absolute Gasteiger partial charge is 0.410 e. The van der Waals surface area contributed by atoms with E-state index in [9.17, 15) is 4.79 Å². The predicted molar refractivity (Wildman–Crippen MR) is 64.3 cm³/mol. The lowest BCUT2D eigenvalue weighted by Crippen LogP contribution is -2.35. The van der Waals surface area contributed by atoms with Crippen LogP contribution in [0.3, 0.4) is 0 Å². The van der Waals surface area contributed by atoms with Crippen molar-refractivity contribution < 1.29 is 9.53 Å². The molecule has 4 heteroatoms. The van der Waals surface area contributed by atoms with Crippen molar-refractivity contribution in [3.05, 3.63) is 0 Å². The third kappa shape index (κ3) is 3.67. The van der Waals surface area contributed by atoms with Crippen molar-refractivity contribution in [1.29, 1.82) is 0 Å². The minimum absolute atomic E-state index is 0.183. The molecule has 0 radical (unpaired) electrons. The van der Waals surface area contributed by atoms with E-state index in [1.54, 1.807) is 0 Å². The number of nitrogens with zero attached hydrogens (tertiary/aromatic N) is 1. The van der Waals surface area contributed by atoms with Crippen LogP contribution in [0.25, 0.3) is 0 Å². The fraction of sp³-hybridized carbons (Fsp3) is 0.909. The molecular weight excluding hydrogens is 258 g/mol. The van der Waals surface area contributed by atoms with Gasteiger partial charge in [-0.1, -0.05) is 22.9 Å². The molecule has 1 aliphatic rings. The van der Waals surface area contributed by atoms with Gasteiger partial charge in [-0.05, 0) is 32.6 Å². The van der Waals surface area contributed by atoms with Gasteiger partial charge in [-0.2, -0.15) is 0 Å². The first-order valence-electron chi connectivity index (χ1n) is 5.37. The maximum Gasteiger partial charge on any atom is 0.410 e. The van der Waals surface area contributed by atoms with Gasteiger partial charge < -0.3 is 9.64 Å². The highest BCUT2D eigenvalue weighted by atomic mass is 79.9. The molecule has 1 saturated heterocycles. The molecule has 1 fully saturated rings. The molecule has 0 saturated carbocycles. The van der Waals surface area contributed by atoms with Gasteiger partial charge in [0.05, 0.1) is 0 Å². The van der Waals surface area contributed by atoms with Gasteiger partial charge in [-0.25, -0.2) is 4.79 Å². The van der Waals surface area contributed by atoms with Crippen molar-refractivity contribution in [2.24, 2.45) is 11.8 Å². The number of hydrogen-bond donors (Lipinski definition) is 0. The van der Waals surface area contributed by atoms with Crippen LogP contribution in [0.5, 0.6) is 0 Å². The molecular formula is C11H20BrNO2. The van der Waals surface area contributed by atoms with E-state index in [1.807, 2.05) is 25.7 Å². The van der Waals surface area contributed by atoms with E-state index in [0.717, 1.165) is 18.4 Å². The molecule has 0 aliphatic carbocycles. The summed E-state index contributed by atoms with van der Waals surface area (Å²) in [7, 11) is 0. The lowest BCUT2D eigenvalue weighted by Gasteiger charge is -2.24. The van der Waals surface area contributed by atoms with Crippen molar-refractivity contribution in [3.63, 3.8) is 0 Å². The van der Waals surface area contributed by atoms with Crippen LogP contribution in [0.15, 0.2) is 0 Å². The van der Waals surface area contributed by atoms with E-state index >= 15 is 0 Å². The maximum absolute atomic E-state index is 11.8. The number of alkyl halides is 1. The molecule has 0 aromatic heterocycles. The van der Waals surface area contributed by atoms with E-state index in [4.69, 9.17) is 4.74 Å². The molecule has 0 aromatic carbocycles. The summed E-state index contributed by atoms with van der Waals surface area (Å²) < 4.78 is 5.33. The van der Waals surface area contributed by atoms with E-state index < -0.39 is 5.60 Å². The number of halogens is 1. The molecule has 0 N–H and O–H groups in total. The molecule has 1 heterocycles. The first-order chi connectivity index (χ1) is 6.83. The topological polar surface area (TPSA) is 29.5 Å². The Morgan fingerprint density at radius 3 is 2.47 bits per heavy atom. The number of hydrogen-bond acceptors (Lipinski definition) is 2. The molecule has 0 bridgehead atoms. The third-order valence-electron chi connectivity index (χ3n) is 2.62. The SMILES string of the molecule is CC1CN(C(=O)OC(C)(C)C)CC1CBr. The molecule has 0 spiro atoms. The van der Waals surface area contributed by atoms with Gasteiger partial charge in [0.15, 0.2) is 0 Å². The van der Waals surface area contributed by atoms with Crippen LogP contribution in [-0.4, -0.2) is 35.0 Å². The van der Waals surface area contributed by atoms with E-state index in [0.29, 0.717) is 11.8 Å². The lowest BCUT2D eigenvalue weighted by atomic mass is 10.0. The highest BCUT2D eigenvalue weighted by Crippen LogP contribution is 2.25. The number of likely N-dealkylation sites (tertiary alicyclic amines) is 1. The number of carbonyl (C=O) groups excluding carboxylic acids is 1. The second-order valence-corrected chi connectivity index (χ2v) is 5.92. The second-order valence-electron chi connectivity index (χ2n) is 5.28. The van der Waals surface area contributed by atoms with Crippen LogP contribution in [0.4, 0.5) is 4.79 Å². The number of rotatable bonds is 1. The third-order valence-corrected chi connectivity index (χ3v) is 3.45. The van der Waals surface area contributed by atoms with E-state index in [-0.39, 0.29) is 6.09 Å². The summed E-state index contributed by atoms with van der Waals surface area (Å²) in [4.78, 5) is 13.6. The quantitative estimate of drug-likeness (QED) is 0.690. The molecule has 3 nitrogen and oxygen atoms in total. The van der Waals surface area contributed by atoms with Gasteiger partial charge in [0.2, 0.25) is 0 Å². The highest BCUT2D eigenvalue weighted by molar-refractivity contribution is 9.09. The Morgan fingerprint density at radius 1 is 1.47 bits per heavy atom. The largest absolute Gasteiger partial charge is 0.444 e. The molecule has 88 valence electrons. The summed E-state index contributed by atoms with van der Waals surface area (Å²) in [5.74, 6) is 1.11. The summed E-state index contributed by atoms with van der Waals surface area (Å²) in [5.41, 5.74) is -0.396. The Kier molecular flexibility index (Phi) is 4.04. The average molecular weight is 278 g/mol. The van der Waals surface area contributed by atoms with Crippen molar-refractivity contribution in [2.45, 2.75) is 33.3 Å². The molecule has 2 atom stereocenters. The molecule has 1 rings (SSSR count). The number of amides is 1. The van der Waals surface area contributed by atoms with Gasteiger partial charge in [0.1, 0.15) is 5.60 Å². The summed E-state index contributed by atoms with van der Waals surface area (Å²) in [6.45, 7) is 9.48. The zero-order chi connectivity index (χ0) is 11.6. The van der Waals surface area contributed by atoms with Crippen LogP contribution in [0.1, 0.15) is 27.7 Å². The van der Waals surface area contributed by atoms with Crippen molar-refractivity contribution in [2.75, 3.05) is 18.4 Å². The van der Waals surface area contributed by atoms with Gasteiger partial charge in [0.25, 0.3) is 0 Å². The van der Waals surface area contributed by atoms with Gasteiger partial charge in [-0.15, -0.1) is 0 Å². The van der Waals surface area contributed by atoms with E-state index in [2.05, 4.69) is 22.9 Å². The maximum atomic E-state index is 11.8. The Balaban J connectivity index is 2.50. The zero-order valence-electron chi connectivity index (χ0n) is 9.92. The summed E-state index contributed by atoms with van der Waals surface area (Å²) in [6.07, 6.45) is -0.183. The molecule has 1 aliphatic heterocycles. The standard InChI is InChI=1S/C11H20BrNO2/c1-8-6-13(7-9(8)5-12)10(14)15-11(2,3)4/h8-9H,5-7H2,1-4H3. The molecule has 15 heavy (non-hydrogen) atoms. The number of carbonyl (C=O) groups is 1. The van der Waals surface area contributed by atoms with Crippen LogP contribution in [0.2, 0.25) is 0 Å². The monoisotopic (exact) mass is 277 g/mol. The highest BCUT2D eigenvalue weighted by Gasteiger charge is 2.33. The minimum atomic E-state index is -0.396. The number of ether oxygens (including phenoxy) is 1. The van der Waals surface area contributed by atoms with Crippen LogP contribution in [0, 0.1) is 11.8 Å². The Morgan fingerprint density at radius 2 is 2.07 bits per heavy atom. The van der Waals surface area contributed by atoms with Crippen LogP contribution >= 0.6 is 15.9 Å². The molecule has 0 aromatic rings. The Labute approximate surface area is 100 Å². The summed E-state index contributed by atoms with van der Waals surface area (Å²) >= 11 is 3.48. The van der Waals surface area contributed by atoms with Gasteiger partial charge in [0, 0.05) is 18.4 Å². The van der Waals surface area contributed by atoms with Crippen molar-refractivity contribution in [3.8, 4) is 0 Å². The minimum Gasteiger partial charge on any atom is -0.444 e. The fourth-order valence-corrected chi connectivity index (χ4v) is 2.55. The lowest BCUT2D eigenvalue weighted by molar-refractivity contribution is 0.0285. The van der Waals surface area contributed by atoms with Gasteiger partial charge >= 0.3 is 6.09 Å². The second kappa shape index (κ2) is 4.73. The van der Waals surface area contributed by atoms with E-state index in [1.165, 1.54) is 0 Å². The van der Waals surface area contributed by atoms with Crippen LogP contribution < -0.4 is 0 Å².